The third kappa shape index (κ3) is 7.20. The van der Waals surface area contributed by atoms with Crippen LogP contribution in [-0.4, -0.2) is 31.6 Å². The van der Waals surface area contributed by atoms with Gasteiger partial charge in [-0.2, -0.15) is 0 Å². The maximum atomic E-state index is 11.8. The largest absolute Gasteiger partial charge is 0.491 e. The van der Waals surface area contributed by atoms with Crippen molar-refractivity contribution in [1.29, 1.82) is 0 Å². The molecule has 0 aliphatic heterocycles. The van der Waals surface area contributed by atoms with Crippen LogP contribution in [0.2, 0.25) is 0 Å². The van der Waals surface area contributed by atoms with E-state index in [4.69, 9.17) is 4.74 Å². The third-order valence-corrected chi connectivity index (χ3v) is 2.49. The summed E-state index contributed by atoms with van der Waals surface area (Å²) in [6.07, 6.45) is 0. The number of para-hydroxylation sites is 2. The summed E-state index contributed by atoms with van der Waals surface area (Å²) in [5.74, 6) is 0.928. The number of ether oxygens (including phenoxy) is 1. The highest BCUT2D eigenvalue weighted by Crippen LogP contribution is 2.24. The Labute approximate surface area is 125 Å². The molecule has 0 atom stereocenters. The van der Waals surface area contributed by atoms with E-state index in [0.29, 0.717) is 37.1 Å². The molecule has 1 aromatic rings. The zero-order valence-corrected chi connectivity index (χ0v) is 12.7. The van der Waals surface area contributed by atoms with E-state index in [9.17, 15) is 9.59 Å². The van der Waals surface area contributed by atoms with E-state index in [0.717, 1.165) is 0 Å². The van der Waals surface area contributed by atoms with Crippen LogP contribution >= 0.6 is 0 Å². The van der Waals surface area contributed by atoms with Crippen molar-refractivity contribution in [2.75, 3.05) is 25.0 Å². The second-order valence-electron chi connectivity index (χ2n) is 5.06. The molecule has 0 heterocycles. The second-order valence-corrected chi connectivity index (χ2v) is 5.06. The number of urea groups is 1. The van der Waals surface area contributed by atoms with Gasteiger partial charge in [0.25, 0.3) is 0 Å². The SMILES string of the molecule is CC(=O)NCCNC(=O)Nc1ccccc1OCC(C)C. The molecule has 21 heavy (non-hydrogen) atoms. The van der Waals surface area contributed by atoms with Gasteiger partial charge >= 0.3 is 6.03 Å². The monoisotopic (exact) mass is 293 g/mol. The predicted molar refractivity (Wildman–Crippen MR) is 82.5 cm³/mol. The zero-order chi connectivity index (χ0) is 15.7. The molecule has 0 saturated carbocycles. The highest BCUT2D eigenvalue weighted by Gasteiger charge is 2.07. The molecule has 1 aromatic carbocycles. The lowest BCUT2D eigenvalue weighted by Crippen LogP contribution is -2.36. The first-order valence-corrected chi connectivity index (χ1v) is 7.00. The lowest BCUT2D eigenvalue weighted by molar-refractivity contribution is -0.118. The van der Waals surface area contributed by atoms with Crippen LogP contribution in [0.25, 0.3) is 0 Å². The molecule has 6 heteroatoms. The Bertz CT molecular complexity index is 475. The van der Waals surface area contributed by atoms with Gasteiger partial charge in [0.2, 0.25) is 5.91 Å². The van der Waals surface area contributed by atoms with Crippen LogP contribution in [0, 0.1) is 5.92 Å². The third-order valence-electron chi connectivity index (χ3n) is 2.49. The summed E-state index contributed by atoms with van der Waals surface area (Å²) in [5, 5.41) is 8.00. The number of benzene rings is 1. The zero-order valence-electron chi connectivity index (χ0n) is 12.7. The van der Waals surface area contributed by atoms with Gasteiger partial charge < -0.3 is 20.7 Å². The van der Waals surface area contributed by atoms with Gasteiger partial charge in [-0.3, -0.25) is 4.79 Å². The predicted octanol–water partition coefficient (Wildman–Crippen LogP) is 1.98. The highest BCUT2D eigenvalue weighted by molar-refractivity contribution is 5.90. The fourth-order valence-corrected chi connectivity index (χ4v) is 1.53. The molecule has 0 radical (unpaired) electrons. The van der Waals surface area contributed by atoms with Gasteiger partial charge in [0.05, 0.1) is 12.3 Å². The molecular weight excluding hydrogens is 270 g/mol. The van der Waals surface area contributed by atoms with Gasteiger partial charge in [0.1, 0.15) is 5.75 Å². The summed E-state index contributed by atoms with van der Waals surface area (Å²) < 4.78 is 5.66. The molecule has 0 unspecified atom stereocenters. The minimum Gasteiger partial charge on any atom is -0.491 e. The highest BCUT2D eigenvalue weighted by atomic mass is 16.5. The van der Waals surface area contributed by atoms with Crippen LogP contribution in [0.5, 0.6) is 5.75 Å². The van der Waals surface area contributed by atoms with Crippen LogP contribution in [0.1, 0.15) is 20.8 Å². The van der Waals surface area contributed by atoms with Crippen LogP contribution in [0.15, 0.2) is 24.3 Å². The molecule has 0 fully saturated rings. The number of rotatable bonds is 7. The van der Waals surface area contributed by atoms with E-state index in [-0.39, 0.29) is 11.9 Å². The smallest absolute Gasteiger partial charge is 0.319 e. The number of nitrogens with one attached hydrogen (secondary N) is 3. The Morgan fingerprint density at radius 2 is 1.81 bits per heavy atom. The lowest BCUT2D eigenvalue weighted by Gasteiger charge is -2.14. The van der Waals surface area contributed by atoms with Crippen molar-refractivity contribution in [3.63, 3.8) is 0 Å². The van der Waals surface area contributed by atoms with E-state index < -0.39 is 0 Å². The summed E-state index contributed by atoms with van der Waals surface area (Å²) in [7, 11) is 0. The summed E-state index contributed by atoms with van der Waals surface area (Å²) >= 11 is 0. The van der Waals surface area contributed by atoms with Crippen LogP contribution in [0.3, 0.4) is 0 Å². The Morgan fingerprint density at radius 1 is 1.14 bits per heavy atom. The Morgan fingerprint density at radius 3 is 2.48 bits per heavy atom. The lowest BCUT2D eigenvalue weighted by atomic mass is 10.2. The van der Waals surface area contributed by atoms with Crippen molar-refractivity contribution in [2.24, 2.45) is 5.92 Å². The van der Waals surface area contributed by atoms with Gasteiger partial charge in [-0.1, -0.05) is 26.0 Å². The van der Waals surface area contributed by atoms with Gasteiger partial charge in [-0.25, -0.2) is 4.79 Å². The molecule has 0 aliphatic carbocycles. The van der Waals surface area contributed by atoms with Crippen LogP contribution in [-0.2, 0) is 4.79 Å². The minimum atomic E-state index is -0.332. The van der Waals surface area contributed by atoms with Crippen molar-refractivity contribution in [3.05, 3.63) is 24.3 Å². The summed E-state index contributed by atoms with van der Waals surface area (Å²) in [4.78, 5) is 22.5. The number of hydrogen-bond acceptors (Lipinski definition) is 3. The first-order valence-electron chi connectivity index (χ1n) is 7.00. The number of amides is 3. The molecule has 6 nitrogen and oxygen atoms in total. The molecule has 0 bridgehead atoms. The van der Waals surface area contributed by atoms with E-state index in [1.807, 2.05) is 18.2 Å². The topological polar surface area (TPSA) is 79.5 Å². The molecule has 116 valence electrons. The molecule has 3 N–H and O–H groups in total. The molecule has 1 rings (SSSR count). The first-order chi connectivity index (χ1) is 9.99. The Hall–Kier alpha value is -2.24. The van der Waals surface area contributed by atoms with E-state index >= 15 is 0 Å². The molecule has 0 saturated heterocycles. The fraction of sp³-hybridized carbons (Fsp3) is 0.467. The number of hydrogen-bond donors (Lipinski definition) is 3. The Kier molecular flexibility index (Phi) is 7.08. The molecule has 3 amide bonds. The average molecular weight is 293 g/mol. The van der Waals surface area contributed by atoms with Gasteiger partial charge in [0, 0.05) is 20.0 Å². The van der Waals surface area contributed by atoms with E-state index in [2.05, 4.69) is 29.8 Å². The van der Waals surface area contributed by atoms with Crippen molar-refractivity contribution in [1.82, 2.24) is 10.6 Å². The Balaban J connectivity index is 2.46. The number of carbonyl (C=O) groups excluding carboxylic acids is 2. The molecule has 0 spiro atoms. The van der Waals surface area contributed by atoms with Gasteiger partial charge in [0.15, 0.2) is 0 Å². The molecule has 0 aliphatic rings. The van der Waals surface area contributed by atoms with Crippen molar-refractivity contribution in [2.45, 2.75) is 20.8 Å². The molecular formula is C15H23N3O3. The quantitative estimate of drug-likeness (QED) is 0.673. The van der Waals surface area contributed by atoms with E-state index in [1.54, 1.807) is 6.07 Å². The number of anilines is 1. The van der Waals surface area contributed by atoms with E-state index in [1.165, 1.54) is 6.92 Å². The maximum absolute atomic E-state index is 11.8. The van der Waals surface area contributed by atoms with Crippen molar-refractivity contribution >= 4 is 17.6 Å². The minimum absolute atomic E-state index is 0.121. The van der Waals surface area contributed by atoms with Gasteiger partial charge in [-0.15, -0.1) is 0 Å². The average Bonchev–Trinajstić information content (AvgIpc) is 2.42. The van der Waals surface area contributed by atoms with Gasteiger partial charge in [-0.05, 0) is 18.1 Å². The first kappa shape index (κ1) is 16.8. The van der Waals surface area contributed by atoms with Crippen LogP contribution < -0.4 is 20.7 Å². The normalized spacial score (nSPS) is 10.1. The summed E-state index contributed by atoms with van der Waals surface area (Å²) in [6, 6.07) is 6.95. The summed E-state index contributed by atoms with van der Waals surface area (Å²) in [6.45, 7) is 6.90. The van der Waals surface area contributed by atoms with Crippen molar-refractivity contribution < 1.29 is 14.3 Å². The second kappa shape index (κ2) is 8.84. The fourth-order valence-electron chi connectivity index (χ4n) is 1.53. The molecule has 0 aromatic heterocycles. The van der Waals surface area contributed by atoms with Crippen LogP contribution in [0.4, 0.5) is 10.5 Å². The maximum Gasteiger partial charge on any atom is 0.319 e. The number of carbonyl (C=O) groups is 2. The standard InChI is InChI=1S/C15H23N3O3/c1-11(2)10-21-14-7-5-4-6-13(14)18-15(20)17-9-8-16-12(3)19/h4-7,11H,8-10H2,1-3H3,(H,16,19)(H2,17,18,20). The van der Waals surface area contributed by atoms with Crippen molar-refractivity contribution in [3.8, 4) is 5.75 Å². The summed E-state index contributed by atoms with van der Waals surface area (Å²) in [5.41, 5.74) is 0.621.